The normalized spacial score (nSPS) is 11.0. The Morgan fingerprint density at radius 3 is 2.63 bits per heavy atom. The zero-order valence-corrected chi connectivity index (χ0v) is 16.9. The third kappa shape index (κ3) is 6.45. The Labute approximate surface area is 167 Å². The largest absolute Gasteiger partial charge is 0.367 e. The van der Waals surface area contributed by atoms with Crippen LogP contribution in [0, 0.1) is 10.1 Å². The highest BCUT2D eigenvalue weighted by molar-refractivity contribution is 8.23. The van der Waals surface area contributed by atoms with Gasteiger partial charge in [0.1, 0.15) is 4.32 Å². The number of benzene rings is 1. The van der Waals surface area contributed by atoms with Crippen LogP contribution in [0.4, 0.5) is 11.4 Å². The summed E-state index contributed by atoms with van der Waals surface area (Å²) >= 11 is 6.44. The lowest BCUT2D eigenvalue weighted by Gasteiger charge is -2.19. The monoisotopic (exact) mass is 426 g/mol. The van der Waals surface area contributed by atoms with E-state index in [4.69, 9.17) is 12.2 Å². The number of nitrogens with one attached hydrogen (secondary N) is 1. The molecule has 11 heteroatoms. The van der Waals surface area contributed by atoms with Crippen molar-refractivity contribution in [3.05, 3.63) is 64.5 Å². The first-order valence-electron chi connectivity index (χ1n) is 7.80. The minimum atomic E-state index is -3.56. The van der Waals surface area contributed by atoms with E-state index in [1.807, 2.05) is 12.1 Å². The fourth-order valence-corrected chi connectivity index (χ4v) is 4.62. The molecule has 1 N–H and O–H groups in total. The summed E-state index contributed by atoms with van der Waals surface area (Å²) in [6, 6.07) is 9.09. The number of nitrogens with zero attached hydrogens (tertiary/aromatic N) is 3. The van der Waals surface area contributed by atoms with Crippen LogP contribution >= 0.6 is 24.0 Å². The van der Waals surface area contributed by atoms with Crippen molar-refractivity contribution in [2.75, 3.05) is 22.9 Å². The average molecular weight is 427 g/mol. The Morgan fingerprint density at radius 2 is 2.04 bits per heavy atom. The molecular weight excluding hydrogens is 408 g/mol. The van der Waals surface area contributed by atoms with E-state index in [-0.39, 0.29) is 11.4 Å². The molecule has 0 saturated carbocycles. The van der Waals surface area contributed by atoms with E-state index in [0.29, 0.717) is 22.3 Å². The molecule has 0 aliphatic rings. The summed E-state index contributed by atoms with van der Waals surface area (Å²) in [5.41, 5.74) is 1.25. The summed E-state index contributed by atoms with van der Waals surface area (Å²) in [5.74, 6) is 0.179. The topological polar surface area (TPSA) is 105 Å². The number of hydrogen-bond donors (Lipinski definition) is 1. The molecule has 0 radical (unpaired) electrons. The molecule has 0 amide bonds. The number of hydrogen-bond acceptors (Lipinski definition) is 7. The van der Waals surface area contributed by atoms with Crippen LogP contribution < -0.4 is 9.62 Å². The molecule has 27 heavy (non-hydrogen) atoms. The van der Waals surface area contributed by atoms with E-state index < -0.39 is 14.9 Å². The minimum Gasteiger partial charge on any atom is -0.367 e. The van der Waals surface area contributed by atoms with E-state index in [1.54, 1.807) is 12.4 Å². The Balaban J connectivity index is 1.82. The molecule has 0 saturated heterocycles. The van der Waals surface area contributed by atoms with Crippen LogP contribution in [0.15, 0.2) is 48.8 Å². The summed E-state index contributed by atoms with van der Waals surface area (Å²) in [5, 5.41) is 13.7. The zero-order chi connectivity index (χ0) is 19.9. The maximum atomic E-state index is 12.4. The SMILES string of the molecule is CN(c1ccc([N+](=O)[O-])cc1)S(=O)(=O)CCSC(=S)NCc1cccnc1. The molecule has 0 aliphatic heterocycles. The van der Waals surface area contributed by atoms with Crippen molar-refractivity contribution >= 4 is 49.7 Å². The number of nitro benzene ring substituents is 1. The van der Waals surface area contributed by atoms with E-state index in [0.717, 1.165) is 9.87 Å². The highest BCUT2D eigenvalue weighted by Crippen LogP contribution is 2.21. The van der Waals surface area contributed by atoms with Gasteiger partial charge in [-0.05, 0) is 23.8 Å². The first-order chi connectivity index (χ1) is 12.8. The van der Waals surface area contributed by atoms with Crippen LogP contribution in [-0.4, -0.2) is 41.2 Å². The van der Waals surface area contributed by atoms with Gasteiger partial charge in [0.05, 0.1) is 16.4 Å². The molecule has 8 nitrogen and oxygen atoms in total. The second-order valence-corrected chi connectivity index (χ2v) is 9.30. The van der Waals surface area contributed by atoms with Gasteiger partial charge in [-0.3, -0.25) is 19.4 Å². The number of nitro groups is 1. The fraction of sp³-hybridized carbons (Fsp3) is 0.250. The van der Waals surface area contributed by atoms with Crippen molar-refractivity contribution in [3.8, 4) is 0 Å². The van der Waals surface area contributed by atoms with Crippen molar-refractivity contribution in [2.45, 2.75) is 6.54 Å². The summed E-state index contributed by atoms with van der Waals surface area (Å²) < 4.78 is 26.5. The molecule has 0 unspecified atom stereocenters. The maximum absolute atomic E-state index is 12.4. The fourth-order valence-electron chi connectivity index (χ4n) is 2.05. The highest BCUT2D eigenvalue weighted by Gasteiger charge is 2.19. The zero-order valence-electron chi connectivity index (χ0n) is 14.4. The third-order valence-electron chi connectivity index (χ3n) is 3.58. The van der Waals surface area contributed by atoms with Gasteiger partial charge < -0.3 is 5.32 Å². The smallest absolute Gasteiger partial charge is 0.269 e. The molecule has 2 aromatic rings. The van der Waals surface area contributed by atoms with Gasteiger partial charge in [0.25, 0.3) is 5.69 Å². The van der Waals surface area contributed by atoms with E-state index in [9.17, 15) is 18.5 Å². The van der Waals surface area contributed by atoms with Crippen molar-refractivity contribution in [2.24, 2.45) is 0 Å². The van der Waals surface area contributed by atoms with Gasteiger partial charge in [-0.15, -0.1) is 0 Å². The predicted octanol–water partition coefficient (Wildman–Crippen LogP) is 2.56. The van der Waals surface area contributed by atoms with Gasteiger partial charge in [-0.2, -0.15) is 0 Å². The maximum Gasteiger partial charge on any atom is 0.269 e. The molecular formula is C16H18N4O4S3. The summed E-state index contributed by atoms with van der Waals surface area (Å²) in [6.07, 6.45) is 3.41. The first-order valence-corrected chi connectivity index (χ1v) is 10.8. The minimum absolute atomic E-state index is 0.0925. The molecule has 1 aromatic heterocycles. The van der Waals surface area contributed by atoms with Crippen molar-refractivity contribution in [1.29, 1.82) is 0 Å². The van der Waals surface area contributed by atoms with Crippen molar-refractivity contribution < 1.29 is 13.3 Å². The summed E-state index contributed by atoms with van der Waals surface area (Å²) in [4.78, 5) is 14.2. The number of sulfonamides is 1. The molecule has 144 valence electrons. The Kier molecular flexibility index (Phi) is 7.51. The number of thiocarbonyl (C=S) groups is 1. The van der Waals surface area contributed by atoms with Gasteiger partial charge in [0.15, 0.2) is 0 Å². The number of non-ortho nitro benzene ring substituents is 1. The third-order valence-corrected chi connectivity index (χ3v) is 6.91. The number of rotatable bonds is 8. The van der Waals surface area contributed by atoms with Crippen LogP contribution in [0.5, 0.6) is 0 Å². The van der Waals surface area contributed by atoms with Crippen LogP contribution in [0.2, 0.25) is 0 Å². The van der Waals surface area contributed by atoms with Crippen LogP contribution in [0.3, 0.4) is 0 Å². The van der Waals surface area contributed by atoms with E-state index >= 15 is 0 Å². The molecule has 0 bridgehead atoms. The van der Waals surface area contributed by atoms with Gasteiger partial charge in [0, 0.05) is 43.9 Å². The van der Waals surface area contributed by atoms with Gasteiger partial charge in [-0.1, -0.05) is 30.0 Å². The molecule has 0 fully saturated rings. The number of thioether (sulfide) groups is 1. The lowest BCUT2D eigenvalue weighted by molar-refractivity contribution is -0.384. The lowest BCUT2D eigenvalue weighted by atomic mass is 10.3. The molecule has 0 spiro atoms. The van der Waals surface area contributed by atoms with Crippen molar-refractivity contribution in [1.82, 2.24) is 10.3 Å². The van der Waals surface area contributed by atoms with Gasteiger partial charge in [0.2, 0.25) is 10.0 Å². The van der Waals surface area contributed by atoms with Crippen LogP contribution in [0.25, 0.3) is 0 Å². The summed E-state index contributed by atoms with van der Waals surface area (Å²) in [7, 11) is -2.15. The van der Waals surface area contributed by atoms with Gasteiger partial charge in [-0.25, -0.2) is 8.42 Å². The summed E-state index contributed by atoms with van der Waals surface area (Å²) in [6.45, 7) is 0.523. The Bertz CT molecular complexity index is 890. The second kappa shape index (κ2) is 9.62. The first kappa shape index (κ1) is 21.1. The standard InChI is InChI=1S/C16H18N4O4S3/c1-19(14-4-6-15(7-5-14)20(21)22)27(23,24)10-9-26-16(25)18-12-13-3-2-8-17-11-13/h2-8,11H,9-10,12H2,1H3,(H,18,25). The number of anilines is 1. The van der Waals surface area contributed by atoms with Gasteiger partial charge >= 0.3 is 0 Å². The van der Waals surface area contributed by atoms with Crippen LogP contribution in [-0.2, 0) is 16.6 Å². The van der Waals surface area contributed by atoms with E-state index in [2.05, 4.69) is 10.3 Å². The van der Waals surface area contributed by atoms with Crippen molar-refractivity contribution in [3.63, 3.8) is 0 Å². The van der Waals surface area contributed by atoms with Crippen LogP contribution in [0.1, 0.15) is 5.56 Å². The van der Waals surface area contributed by atoms with E-state index in [1.165, 1.54) is 43.1 Å². The average Bonchev–Trinajstić information content (AvgIpc) is 2.66. The molecule has 1 heterocycles. The Morgan fingerprint density at radius 1 is 1.33 bits per heavy atom. The molecule has 0 aliphatic carbocycles. The number of pyridine rings is 1. The quantitative estimate of drug-likeness (QED) is 0.390. The highest BCUT2D eigenvalue weighted by atomic mass is 32.2. The molecule has 0 atom stereocenters. The molecule has 2 rings (SSSR count). The predicted molar refractivity (Wildman–Crippen MR) is 111 cm³/mol. The Hall–Kier alpha value is -2.24. The second-order valence-electron chi connectivity index (χ2n) is 5.41. The lowest BCUT2D eigenvalue weighted by Crippen LogP contribution is -2.30. The molecule has 1 aromatic carbocycles. The number of aromatic nitrogens is 1.